The third-order valence-electron chi connectivity index (χ3n) is 1.94. The third-order valence-corrected chi connectivity index (χ3v) is 1.94. The molecule has 0 unspecified atom stereocenters. The standard InChI is InChI=1S/C10H9NO6.ClH/c1-2-17-10(14)6-3-4-7(9(12)13)8(5-6)11(15)16;/h3-5H,2H2,1H3,(H,12,13);1H. The van der Waals surface area contributed by atoms with E-state index in [1.807, 2.05) is 0 Å². The number of hydrogen-bond donors (Lipinski definition) is 1. The summed E-state index contributed by atoms with van der Waals surface area (Å²) in [6.07, 6.45) is 0. The van der Waals surface area contributed by atoms with Crippen LogP contribution in [0.4, 0.5) is 5.69 Å². The second kappa shape index (κ2) is 6.55. The summed E-state index contributed by atoms with van der Waals surface area (Å²) in [7, 11) is 0. The molecule has 0 bridgehead atoms. The lowest BCUT2D eigenvalue weighted by Gasteiger charge is -2.03. The van der Waals surface area contributed by atoms with E-state index in [1.54, 1.807) is 6.92 Å². The Morgan fingerprint density at radius 1 is 1.44 bits per heavy atom. The third kappa shape index (κ3) is 3.42. The minimum absolute atomic E-state index is 0. The Morgan fingerprint density at radius 3 is 2.50 bits per heavy atom. The number of aromatic carboxylic acids is 1. The first kappa shape index (κ1) is 15.9. The van der Waals surface area contributed by atoms with E-state index in [-0.39, 0.29) is 24.6 Å². The molecular weight excluding hydrogens is 266 g/mol. The molecule has 0 aromatic heterocycles. The molecule has 98 valence electrons. The number of carboxylic acid groups (broad SMARTS) is 1. The zero-order valence-corrected chi connectivity index (χ0v) is 10.1. The van der Waals surface area contributed by atoms with Crippen molar-refractivity contribution in [2.24, 2.45) is 0 Å². The molecular formula is C10H10ClNO6. The number of benzene rings is 1. The first-order chi connectivity index (χ1) is 7.97. The van der Waals surface area contributed by atoms with Crippen molar-refractivity contribution >= 4 is 30.0 Å². The van der Waals surface area contributed by atoms with Crippen LogP contribution < -0.4 is 0 Å². The van der Waals surface area contributed by atoms with Gasteiger partial charge >= 0.3 is 11.9 Å². The molecule has 8 heteroatoms. The van der Waals surface area contributed by atoms with Crippen molar-refractivity contribution in [3.8, 4) is 0 Å². The first-order valence-corrected chi connectivity index (χ1v) is 4.66. The second-order valence-corrected chi connectivity index (χ2v) is 3.01. The molecule has 7 nitrogen and oxygen atoms in total. The number of carbonyl (C=O) groups is 2. The van der Waals surface area contributed by atoms with Crippen LogP contribution >= 0.6 is 12.4 Å². The van der Waals surface area contributed by atoms with Gasteiger partial charge in [0.2, 0.25) is 0 Å². The summed E-state index contributed by atoms with van der Waals surface area (Å²) in [5, 5.41) is 19.4. The smallest absolute Gasteiger partial charge is 0.342 e. The van der Waals surface area contributed by atoms with Gasteiger partial charge in [-0.3, -0.25) is 10.1 Å². The summed E-state index contributed by atoms with van der Waals surface area (Å²) in [5.41, 5.74) is -1.16. The highest BCUT2D eigenvalue weighted by Crippen LogP contribution is 2.20. The number of nitro benzene ring substituents is 1. The van der Waals surface area contributed by atoms with Crippen molar-refractivity contribution in [1.29, 1.82) is 0 Å². The van der Waals surface area contributed by atoms with Gasteiger partial charge in [-0.1, -0.05) is 0 Å². The zero-order chi connectivity index (χ0) is 13.0. The Hall–Kier alpha value is -2.15. The quantitative estimate of drug-likeness (QED) is 0.511. The normalized spacial score (nSPS) is 9.17. The number of carboxylic acids is 1. The summed E-state index contributed by atoms with van der Waals surface area (Å²) < 4.78 is 4.65. The molecule has 0 atom stereocenters. The molecule has 0 fully saturated rings. The molecule has 0 aliphatic heterocycles. The molecule has 1 rings (SSSR count). The molecule has 0 heterocycles. The van der Waals surface area contributed by atoms with Crippen LogP contribution in [0.25, 0.3) is 0 Å². The van der Waals surface area contributed by atoms with Crippen LogP contribution in [-0.2, 0) is 4.74 Å². The molecule has 1 aromatic carbocycles. The number of hydrogen-bond acceptors (Lipinski definition) is 5. The highest BCUT2D eigenvalue weighted by Gasteiger charge is 2.22. The van der Waals surface area contributed by atoms with Crippen molar-refractivity contribution in [1.82, 2.24) is 0 Å². The van der Waals surface area contributed by atoms with E-state index in [0.29, 0.717) is 0 Å². The number of nitro groups is 1. The van der Waals surface area contributed by atoms with Crippen molar-refractivity contribution in [3.63, 3.8) is 0 Å². The predicted molar refractivity (Wildman–Crippen MR) is 63.3 cm³/mol. The number of rotatable bonds is 4. The number of halogens is 1. The van der Waals surface area contributed by atoms with Crippen molar-refractivity contribution < 1.29 is 24.4 Å². The topological polar surface area (TPSA) is 107 Å². The molecule has 0 spiro atoms. The van der Waals surface area contributed by atoms with Gasteiger partial charge in [0.25, 0.3) is 5.69 Å². The molecule has 0 aliphatic rings. The predicted octanol–water partition coefficient (Wildman–Crippen LogP) is 1.89. The van der Waals surface area contributed by atoms with Gasteiger partial charge in [-0.15, -0.1) is 12.4 Å². The minimum atomic E-state index is -1.42. The van der Waals surface area contributed by atoms with Gasteiger partial charge in [-0.05, 0) is 19.1 Å². The van der Waals surface area contributed by atoms with Gasteiger partial charge < -0.3 is 9.84 Å². The van der Waals surface area contributed by atoms with Crippen LogP contribution in [0, 0.1) is 10.1 Å². The summed E-state index contributed by atoms with van der Waals surface area (Å²) >= 11 is 0. The van der Waals surface area contributed by atoms with E-state index in [0.717, 1.165) is 12.1 Å². The molecule has 1 N–H and O–H groups in total. The van der Waals surface area contributed by atoms with Crippen LogP contribution in [-0.4, -0.2) is 28.6 Å². The average molecular weight is 276 g/mol. The number of esters is 1. The molecule has 18 heavy (non-hydrogen) atoms. The Morgan fingerprint density at radius 2 is 2.06 bits per heavy atom. The lowest BCUT2D eigenvalue weighted by Crippen LogP contribution is -2.08. The molecule has 0 aliphatic carbocycles. The maximum atomic E-state index is 11.3. The summed E-state index contributed by atoms with van der Waals surface area (Å²) in [6, 6.07) is 3.07. The average Bonchev–Trinajstić information content (AvgIpc) is 2.28. The monoisotopic (exact) mass is 275 g/mol. The maximum Gasteiger partial charge on any atom is 0.342 e. The highest BCUT2D eigenvalue weighted by molar-refractivity contribution is 5.96. The van der Waals surface area contributed by atoms with Gasteiger partial charge in [-0.2, -0.15) is 0 Å². The largest absolute Gasteiger partial charge is 0.477 e. The van der Waals surface area contributed by atoms with Gasteiger partial charge in [-0.25, -0.2) is 9.59 Å². The van der Waals surface area contributed by atoms with E-state index in [4.69, 9.17) is 5.11 Å². The SMILES string of the molecule is CCOC(=O)c1ccc(C(=O)O)c([N+](=O)[O-])c1.Cl. The van der Waals surface area contributed by atoms with E-state index in [9.17, 15) is 19.7 Å². The zero-order valence-electron chi connectivity index (χ0n) is 9.28. The van der Waals surface area contributed by atoms with Crippen LogP contribution in [0.1, 0.15) is 27.6 Å². The highest BCUT2D eigenvalue weighted by atomic mass is 35.5. The van der Waals surface area contributed by atoms with Crippen LogP contribution in [0.15, 0.2) is 18.2 Å². The molecule has 0 radical (unpaired) electrons. The summed E-state index contributed by atoms with van der Waals surface area (Å²) in [5.74, 6) is -2.15. The Balaban J connectivity index is 0.00000289. The summed E-state index contributed by atoms with van der Waals surface area (Å²) in [6.45, 7) is 1.73. The van der Waals surface area contributed by atoms with E-state index < -0.39 is 28.1 Å². The lowest BCUT2D eigenvalue weighted by atomic mass is 10.1. The molecule has 1 aromatic rings. The minimum Gasteiger partial charge on any atom is -0.477 e. The fraction of sp³-hybridized carbons (Fsp3) is 0.200. The summed E-state index contributed by atoms with van der Waals surface area (Å²) in [4.78, 5) is 31.8. The molecule has 0 saturated heterocycles. The van der Waals surface area contributed by atoms with Crippen LogP contribution in [0.3, 0.4) is 0 Å². The number of ether oxygens (including phenoxy) is 1. The Labute approximate surface area is 108 Å². The molecule has 0 amide bonds. The fourth-order valence-corrected chi connectivity index (χ4v) is 1.20. The Kier molecular flexibility index (Phi) is 5.77. The van der Waals surface area contributed by atoms with Crippen molar-refractivity contribution in [2.75, 3.05) is 6.61 Å². The fourth-order valence-electron chi connectivity index (χ4n) is 1.20. The maximum absolute atomic E-state index is 11.3. The first-order valence-electron chi connectivity index (χ1n) is 4.66. The lowest BCUT2D eigenvalue weighted by molar-refractivity contribution is -0.385. The van der Waals surface area contributed by atoms with Gasteiger partial charge in [0, 0.05) is 6.07 Å². The number of carbonyl (C=O) groups excluding carboxylic acids is 1. The van der Waals surface area contributed by atoms with Gasteiger partial charge in [0.15, 0.2) is 0 Å². The number of nitrogens with zero attached hydrogens (tertiary/aromatic N) is 1. The van der Waals surface area contributed by atoms with Crippen molar-refractivity contribution in [2.45, 2.75) is 6.92 Å². The van der Waals surface area contributed by atoms with Gasteiger partial charge in [0.05, 0.1) is 17.1 Å². The van der Waals surface area contributed by atoms with Crippen LogP contribution in [0.5, 0.6) is 0 Å². The molecule has 0 saturated carbocycles. The van der Waals surface area contributed by atoms with E-state index in [2.05, 4.69) is 4.74 Å². The van der Waals surface area contributed by atoms with E-state index in [1.165, 1.54) is 6.07 Å². The van der Waals surface area contributed by atoms with Gasteiger partial charge in [0.1, 0.15) is 5.56 Å². The Bertz CT molecular complexity index is 487. The van der Waals surface area contributed by atoms with Crippen LogP contribution in [0.2, 0.25) is 0 Å². The van der Waals surface area contributed by atoms with Crippen molar-refractivity contribution in [3.05, 3.63) is 39.4 Å². The van der Waals surface area contributed by atoms with E-state index >= 15 is 0 Å². The second-order valence-electron chi connectivity index (χ2n) is 3.01.